The fourth-order valence-electron chi connectivity index (χ4n) is 3.44. The molecule has 19 heavy (non-hydrogen) atoms. The molecular formula is C16H29NO2. The Morgan fingerprint density at radius 2 is 2.11 bits per heavy atom. The summed E-state index contributed by atoms with van der Waals surface area (Å²) < 4.78 is 5.72. The monoisotopic (exact) mass is 267 g/mol. The first-order chi connectivity index (χ1) is 9.18. The lowest BCUT2D eigenvalue weighted by atomic mass is 9.95. The molecule has 2 fully saturated rings. The predicted octanol–water partition coefficient (Wildman–Crippen LogP) is 2.88. The van der Waals surface area contributed by atoms with Crippen molar-refractivity contribution >= 4 is 5.78 Å². The van der Waals surface area contributed by atoms with E-state index in [1.54, 1.807) is 0 Å². The van der Waals surface area contributed by atoms with Gasteiger partial charge in [0.05, 0.1) is 6.61 Å². The fourth-order valence-corrected chi connectivity index (χ4v) is 3.44. The van der Waals surface area contributed by atoms with Crippen LogP contribution in [0.15, 0.2) is 0 Å². The van der Waals surface area contributed by atoms with E-state index in [0.29, 0.717) is 17.7 Å². The molecule has 1 saturated heterocycles. The molecule has 1 heterocycles. The van der Waals surface area contributed by atoms with Crippen molar-refractivity contribution in [1.82, 2.24) is 4.90 Å². The van der Waals surface area contributed by atoms with Gasteiger partial charge in [-0.15, -0.1) is 0 Å². The van der Waals surface area contributed by atoms with Crippen LogP contribution in [0, 0.1) is 11.8 Å². The molecule has 3 nitrogen and oxygen atoms in total. The Bertz CT molecular complexity index is 290. The van der Waals surface area contributed by atoms with Gasteiger partial charge >= 0.3 is 0 Å². The average Bonchev–Trinajstić information content (AvgIpc) is 2.96. The smallest absolute Gasteiger partial charge is 0.137 e. The molecule has 3 heteroatoms. The molecular weight excluding hydrogens is 238 g/mol. The van der Waals surface area contributed by atoms with E-state index in [4.69, 9.17) is 4.74 Å². The highest BCUT2D eigenvalue weighted by Gasteiger charge is 2.37. The van der Waals surface area contributed by atoms with E-state index in [2.05, 4.69) is 18.7 Å². The maximum absolute atomic E-state index is 11.9. The molecule has 0 bridgehead atoms. The maximum Gasteiger partial charge on any atom is 0.137 e. The van der Waals surface area contributed by atoms with Crippen molar-refractivity contribution < 1.29 is 9.53 Å². The Morgan fingerprint density at radius 3 is 2.79 bits per heavy atom. The largest absolute Gasteiger partial charge is 0.380 e. The molecule has 1 saturated carbocycles. The zero-order chi connectivity index (χ0) is 13.7. The molecule has 2 aliphatic rings. The zero-order valence-corrected chi connectivity index (χ0v) is 12.6. The zero-order valence-electron chi connectivity index (χ0n) is 12.6. The normalized spacial score (nSPS) is 28.7. The maximum atomic E-state index is 11.9. The third kappa shape index (κ3) is 4.28. The summed E-state index contributed by atoms with van der Waals surface area (Å²) in [7, 11) is 0. The Morgan fingerprint density at radius 1 is 1.26 bits per heavy atom. The standard InChI is InChI=1S/C16H29NO2/c1-13(2)8-11-19-12-10-17-9-4-6-15(17)14-5-3-7-16(14)18/h13-15H,3-12H2,1-2H3. The van der Waals surface area contributed by atoms with Crippen molar-refractivity contribution in [2.24, 2.45) is 11.8 Å². The van der Waals surface area contributed by atoms with Crippen LogP contribution in [0.4, 0.5) is 0 Å². The van der Waals surface area contributed by atoms with Crippen LogP contribution in [0.5, 0.6) is 0 Å². The number of ketones is 1. The van der Waals surface area contributed by atoms with Gasteiger partial charge in [-0.2, -0.15) is 0 Å². The lowest BCUT2D eigenvalue weighted by Gasteiger charge is -2.28. The van der Waals surface area contributed by atoms with Crippen molar-refractivity contribution in [1.29, 1.82) is 0 Å². The Labute approximate surface area is 117 Å². The summed E-state index contributed by atoms with van der Waals surface area (Å²) in [5.41, 5.74) is 0. The molecule has 0 aromatic rings. The second kappa shape index (κ2) is 7.39. The number of ether oxygens (including phenoxy) is 1. The van der Waals surface area contributed by atoms with Gasteiger partial charge in [0.15, 0.2) is 0 Å². The number of likely N-dealkylation sites (tertiary alicyclic amines) is 1. The number of nitrogens with zero attached hydrogens (tertiary/aromatic N) is 1. The quantitative estimate of drug-likeness (QED) is 0.664. The molecule has 1 aliphatic carbocycles. The van der Waals surface area contributed by atoms with Crippen molar-refractivity contribution in [2.45, 2.75) is 58.4 Å². The number of carbonyl (C=O) groups excluding carboxylic acids is 1. The molecule has 1 aliphatic heterocycles. The summed E-state index contributed by atoms with van der Waals surface area (Å²) >= 11 is 0. The van der Waals surface area contributed by atoms with Crippen molar-refractivity contribution in [3.05, 3.63) is 0 Å². The third-order valence-corrected chi connectivity index (χ3v) is 4.59. The van der Waals surface area contributed by atoms with Crippen LogP contribution in [0.1, 0.15) is 52.4 Å². The van der Waals surface area contributed by atoms with Gasteiger partial charge in [-0.1, -0.05) is 13.8 Å². The molecule has 0 N–H and O–H groups in total. The van der Waals surface area contributed by atoms with Gasteiger partial charge in [-0.05, 0) is 44.6 Å². The van der Waals surface area contributed by atoms with Crippen LogP contribution < -0.4 is 0 Å². The number of rotatable bonds is 7. The minimum Gasteiger partial charge on any atom is -0.380 e. The first-order valence-electron chi connectivity index (χ1n) is 8.03. The molecule has 2 rings (SSSR count). The van der Waals surface area contributed by atoms with Gasteiger partial charge < -0.3 is 4.74 Å². The first kappa shape index (κ1) is 15.0. The number of Topliss-reactive ketones (excluding diaryl/α,β-unsaturated/α-hetero) is 1. The minimum atomic E-state index is 0.332. The van der Waals surface area contributed by atoms with Gasteiger partial charge in [0.25, 0.3) is 0 Å². The van der Waals surface area contributed by atoms with E-state index in [9.17, 15) is 4.79 Å². The van der Waals surface area contributed by atoms with E-state index >= 15 is 0 Å². The van der Waals surface area contributed by atoms with Crippen molar-refractivity contribution in [3.63, 3.8) is 0 Å². The van der Waals surface area contributed by atoms with Crippen LogP contribution >= 0.6 is 0 Å². The van der Waals surface area contributed by atoms with E-state index in [1.807, 2.05) is 0 Å². The lowest BCUT2D eigenvalue weighted by Crippen LogP contribution is -2.39. The van der Waals surface area contributed by atoms with Crippen LogP contribution in [-0.4, -0.2) is 43.0 Å². The molecule has 2 unspecified atom stereocenters. The Kier molecular flexibility index (Phi) is 5.83. The van der Waals surface area contributed by atoms with Gasteiger partial charge in [0.1, 0.15) is 5.78 Å². The SMILES string of the molecule is CC(C)CCOCCN1CCCC1C1CCCC1=O. The van der Waals surface area contributed by atoms with E-state index < -0.39 is 0 Å². The highest BCUT2D eigenvalue weighted by molar-refractivity contribution is 5.83. The summed E-state index contributed by atoms with van der Waals surface area (Å²) in [6, 6.07) is 0.517. The first-order valence-corrected chi connectivity index (χ1v) is 8.03. The highest BCUT2D eigenvalue weighted by atomic mass is 16.5. The summed E-state index contributed by atoms with van der Waals surface area (Å²) in [4.78, 5) is 14.4. The molecule has 0 aromatic carbocycles. The number of hydrogen-bond donors (Lipinski definition) is 0. The van der Waals surface area contributed by atoms with E-state index in [0.717, 1.165) is 57.9 Å². The van der Waals surface area contributed by atoms with Crippen molar-refractivity contribution in [3.8, 4) is 0 Å². The van der Waals surface area contributed by atoms with Gasteiger partial charge in [0, 0.05) is 31.5 Å². The lowest BCUT2D eigenvalue weighted by molar-refractivity contribution is -0.122. The van der Waals surface area contributed by atoms with Gasteiger partial charge in [-0.3, -0.25) is 9.69 Å². The Balaban J connectivity index is 1.69. The van der Waals surface area contributed by atoms with Crippen LogP contribution in [0.3, 0.4) is 0 Å². The van der Waals surface area contributed by atoms with Crippen LogP contribution in [-0.2, 0) is 9.53 Å². The minimum absolute atomic E-state index is 0.332. The number of hydrogen-bond acceptors (Lipinski definition) is 3. The molecule has 110 valence electrons. The number of carbonyl (C=O) groups is 1. The van der Waals surface area contributed by atoms with Gasteiger partial charge in [-0.25, -0.2) is 0 Å². The second-order valence-corrected chi connectivity index (χ2v) is 6.51. The van der Waals surface area contributed by atoms with E-state index in [-0.39, 0.29) is 0 Å². The van der Waals surface area contributed by atoms with Gasteiger partial charge in [0.2, 0.25) is 0 Å². The molecule has 0 radical (unpaired) electrons. The third-order valence-electron chi connectivity index (χ3n) is 4.59. The molecule has 2 atom stereocenters. The topological polar surface area (TPSA) is 29.5 Å². The van der Waals surface area contributed by atoms with Crippen LogP contribution in [0.2, 0.25) is 0 Å². The van der Waals surface area contributed by atoms with Crippen LogP contribution in [0.25, 0.3) is 0 Å². The van der Waals surface area contributed by atoms with E-state index in [1.165, 1.54) is 12.8 Å². The second-order valence-electron chi connectivity index (χ2n) is 6.51. The molecule has 0 spiro atoms. The molecule has 0 aromatic heterocycles. The summed E-state index contributed by atoms with van der Waals surface area (Å²) in [5.74, 6) is 1.56. The average molecular weight is 267 g/mol. The summed E-state index contributed by atoms with van der Waals surface area (Å²) in [6.07, 6.45) is 6.65. The Hall–Kier alpha value is -0.410. The molecule has 0 amide bonds. The van der Waals surface area contributed by atoms with Crippen molar-refractivity contribution in [2.75, 3.05) is 26.3 Å². The fraction of sp³-hybridized carbons (Fsp3) is 0.938. The highest BCUT2D eigenvalue weighted by Crippen LogP contribution is 2.32. The predicted molar refractivity (Wildman–Crippen MR) is 77.2 cm³/mol. The summed E-state index contributed by atoms with van der Waals surface area (Å²) in [6.45, 7) is 8.31. The summed E-state index contributed by atoms with van der Waals surface area (Å²) in [5, 5.41) is 0.